The van der Waals surface area contributed by atoms with E-state index in [-0.39, 0.29) is 11.9 Å². The summed E-state index contributed by atoms with van der Waals surface area (Å²) in [5.74, 6) is -0.0271. The number of rotatable bonds is 4. The lowest BCUT2D eigenvalue weighted by Crippen LogP contribution is -2.26. The van der Waals surface area contributed by atoms with Crippen LogP contribution in [0.2, 0.25) is 0 Å². The average molecular weight is 267 g/mol. The Kier molecular flexibility index (Phi) is 3.77. The standard InChI is InChI=1S/C17H17NO2/c19-17(14-9-6-10-14)20-16(13-7-2-1-3-8-13)15-11-4-5-12-18-15/h1-5,7-8,11-12,14,16H,6,9-10H2/t16-/m1/s1. The molecule has 1 aliphatic rings. The first-order valence-electron chi connectivity index (χ1n) is 7.01. The summed E-state index contributed by atoms with van der Waals surface area (Å²) in [6, 6.07) is 15.4. The Morgan fingerprint density at radius 3 is 2.45 bits per heavy atom. The van der Waals surface area contributed by atoms with Gasteiger partial charge in [0.1, 0.15) is 0 Å². The Balaban J connectivity index is 1.85. The first-order chi connectivity index (χ1) is 9.84. The first-order valence-corrected chi connectivity index (χ1v) is 7.01. The molecular weight excluding hydrogens is 250 g/mol. The van der Waals surface area contributed by atoms with Gasteiger partial charge in [0.15, 0.2) is 6.10 Å². The number of ether oxygens (including phenoxy) is 1. The van der Waals surface area contributed by atoms with E-state index in [4.69, 9.17) is 4.74 Å². The molecule has 3 rings (SSSR count). The van der Waals surface area contributed by atoms with E-state index in [0.717, 1.165) is 30.5 Å². The molecule has 102 valence electrons. The molecule has 3 nitrogen and oxygen atoms in total. The van der Waals surface area contributed by atoms with E-state index in [2.05, 4.69) is 4.98 Å². The van der Waals surface area contributed by atoms with Gasteiger partial charge < -0.3 is 4.74 Å². The Bertz CT molecular complexity index is 525. The highest BCUT2D eigenvalue weighted by Gasteiger charge is 2.30. The highest BCUT2D eigenvalue weighted by molar-refractivity contribution is 5.73. The van der Waals surface area contributed by atoms with E-state index in [1.807, 2.05) is 48.5 Å². The number of hydrogen-bond acceptors (Lipinski definition) is 3. The third-order valence-corrected chi connectivity index (χ3v) is 3.73. The monoisotopic (exact) mass is 267 g/mol. The number of aromatic nitrogens is 1. The molecule has 0 bridgehead atoms. The van der Waals surface area contributed by atoms with Crippen molar-refractivity contribution in [2.45, 2.75) is 25.4 Å². The summed E-state index contributed by atoms with van der Waals surface area (Å²) < 4.78 is 5.73. The van der Waals surface area contributed by atoms with E-state index in [1.165, 1.54) is 0 Å². The summed E-state index contributed by atoms with van der Waals surface area (Å²) in [5, 5.41) is 0. The highest BCUT2D eigenvalue weighted by Crippen LogP contribution is 2.31. The second-order valence-corrected chi connectivity index (χ2v) is 5.11. The van der Waals surface area contributed by atoms with E-state index < -0.39 is 6.10 Å². The lowest BCUT2D eigenvalue weighted by atomic mass is 9.85. The van der Waals surface area contributed by atoms with Crippen molar-refractivity contribution in [2.24, 2.45) is 5.92 Å². The van der Waals surface area contributed by atoms with Crippen LogP contribution in [0.15, 0.2) is 54.7 Å². The lowest BCUT2D eigenvalue weighted by molar-refractivity contribution is -0.155. The fourth-order valence-electron chi connectivity index (χ4n) is 2.31. The molecule has 1 aromatic carbocycles. The minimum atomic E-state index is -0.412. The van der Waals surface area contributed by atoms with Crippen molar-refractivity contribution >= 4 is 5.97 Å². The summed E-state index contributed by atoms with van der Waals surface area (Å²) >= 11 is 0. The molecule has 20 heavy (non-hydrogen) atoms. The fourth-order valence-corrected chi connectivity index (χ4v) is 2.31. The van der Waals surface area contributed by atoms with Crippen LogP contribution in [0.4, 0.5) is 0 Å². The number of nitrogens with zero attached hydrogens (tertiary/aromatic N) is 1. The Labute approximate surface area is 118 Å². The summed E-state index contributed by atoms with van der Waals surface area (Å²) in [7, 11) is 0. The molecule has 1 aliphatic carbocycles. The van der Waals surface area contributed by atoms with Crippen LogP contribution in [-0.2, 0) is 9.53 Å². The molecule has 1 heterocycles. The SMILES string of the molecule is O=C(O[C@H](c1ccccc1)c1ccccn1)C1CCC1. The third-order valence-electron chi connectivity index (χ3n) is 3.73. The van der Waals surface area contributed by atoms with Gasteiger partial charge >= 0.3 is 5.97 Å². The molecule has 1 saturated carbocycles. The molecule has 0 N–H and O–H groups in total. The van der Waals surface area contributed by atoms with Gasteiger partial charge in [-0.1, -0.05) is 42.8 Å². The van der Waals surface area contributed by atoms with E-state index >= 15 is 0 Å². The summed E-state index contributed by atoms with van der Waals surface area (Å²) in [6.45, 7) is 0. The molecule has 1 aromatic heterocycles. The quantitative estimate of drug-likeness (QED) is 0.796. The second-order valence-electron chi connectivity index (χ2n) is 5.11. The summed E-state index contributed by atoms with van der Waals surface area (Å²) in [6.07, 6.45) is 4.33. The van der Waals surface area contributed by atoms with E-state index in [9.17, 15) is 4.79 Å². The molecular formula is C17H17NO2. The molecule has 3 heteroatoms. The molecule has 0 amide bonds. The highest BCUT2D eigenvalue weighted by atomic mass is 16.5. The van der Waals surface area contributed by atoms with Crippen molar-refractivity contribution in [3.8, 4) is 0 Å². The van der Waals surface area contributed by atoms with E-state index in [1.54, 1.807) is 6.20 Å². The van der Waals surface area contributed by atoms with E-state index in [0.29, 0.717) is 0 Å². The molecule has 0 aliphatic heterocycles. The van der Waals surface area contributed by atoms with Gasteiger partial charge in [0.25, 0.3) is 0 Å². The molecule has 1 fully saturated rings. The van der Waals surface area contributed by atoms with Gasteiger partial charge in [0.05, 0.1) is 11.6 Å². The van der Waals surface area contributed by atoms with Crippen molar-refractivity contribution in [3.05, 3.63) is 66.0 Å². The largest absolute Gasteiger partial charge is 0.451 e. The van der Waals surface area contributed by atoms with Gasteiger partial charge in [-0.2, -0.15) is 0 Å². The average Bonchev–Trinajstić information content (AvgIpc) is 2.45. The van der Waals surface area contributed by atoms with Crippen LogP contribution in [-0.4, -0.2) is 11.0 Å². The molecule has 2 aromatic rings. The van der Waals surface area contributed by atoms with Crippen LogP contribution in [0.25, 0.3) is 0 Å². The Morgan fingerprint density at radius 2 is 1.85 bits per heavy atom. The number of hydrogen-bond donors (Lipinski definition) is 0. The van der Waals surface area contributed by atoms with Crippen molar-refractivity contribution in [1.29, 1.82) is 0 Å². The number of benzene rings is 1. The van der Waals surface area contributed by atoms with Gasteiger partial charge in [0, 0.05) is 6.20 Å². The van der Waals surface area contributed by atoms with Crippen molar-refractivity contribution in [3.63, 3.8) is 0 Å². The van der Waals surface area contributed by atoms with Crippen LogP contribution in [0.1, 0.15) is 36.6 Å². The zero-order chi connectivity index (χ0) is 13.8. The van der Waals surface area contributed by atoms with Crippen molar-refractivity contribution in [2.75, 3.05) is 0 Å². The maximum atomic E-state index is 12.1. The lowest BCUT2D eigenvalue weighted by Gasteiger charge is -2.26. The smallest absolute Gasteiger partial charge is 0.309 e. The van der Waals surface area contributed by atoms with Gasteiger partial charge in [0.2, 0.25) is 0 Å². The molecule has 0 saturated heterocycles. The van der Waals surface area contributed by atoms with Crippen LogP contribution < -0.4 is 0 Å². The Hall–Kier alpha value is -2.16. The number of pyridine rings is 1. The van der Waals surface area contributed by atoms with Crippen LogP contribution in [0.3, 0.4) is 0 Å². The molecule has 0 radical (unpaired) electrons. The zero-order valence-corrected chi connectivity index (χ0v) is 11.2. The third kappa shape index (κ3) is 2.72. The molecule has 1 atom stereocenters. The Morgan fingerprint density at radius 1 is 1.10 bits per heavy atom. The maximum Gasteiger partial charge on any atom is 0.309 e. The summed E-state index contributed by atoms with van der Waals surface area (Å²) in [4.78, 5) is 16.5. The first kappa shape index (κ1) is 12.9. The minimum absolute atomic E-state index is 0.0740. The van der Waals surface area contributed by atoms with Crippen molar-refractivity contribution in [1.82, 2.24) is 4.98 Å². The number of carbonyl (C=O) groups is 1. The van der Waals surface area contributed by atoms with Crippen LogP contribution in [0.5, 0.6) is 0 Å². The molecule has 0 unspecified atom stereocenters. The van der Waals surface area contributed by atoms with Crippen molar-refractivity contribution < 1.29 is 9.53 Å². The van der Waals surface area contributed by atoms with Gasteiger partial charge in [-0.25, -0.2) is 0 Å². The zero-order valence-electron chi connectivity index (χ0n) is 11.2. The minimum Gasteiger partial charge on any atom is -0.451 e. The summed E-state index contributed by atoms with van der Waals surface area (Å²) in [5.41, 5.74) is 1.73. The normalized spacial score (nSPS) is 16.2. The van der Waals surface area contributed by atoms with Crippen LogP contribution >= 0.6 is 0 Å². The van der Waals surface area contributed by atoms with Gasteiger partial charge in [-0.15, -0.1) is 0 Å². The second kappa shape index (κ2) is 5.87. The van der Waals surface area contributed by atoms with Crippen LogP contribution in [0, 0.1) is 5.92 Å². The fraction of sp³-hybridized carbons (Fsp3) is 0.294. The molecule has 0 spiro atoms. The number of esters is 1. The predicted molar refractivity (Wildman–Crippen MR) is 76.0 cm³/mol. The topological polar surface area (TPSA) is 39.2 Å². The van der Waals surface area contributed by atoms with Gasteiger partial charge in [-0.05, 0) is 30.5 Å². The van der Waals surface area contributed by atoms with Gasteiger partial charge in [-0.3, -0.25) is 9.78 Å². The maximum absolute atomic E-state index is 12.1. The number of carbonyl (C=O) groups excluding carboxylic acids is 1. The predicted octanol–water partition coefficient (Wildman–Crippen LogP) is 3.51.